The lowest BCUT2D eigenvalue weighted by Gasteiger charge is -2.20. The molecule has 1 aromatic rings. The maximum absolute atomic E-state index is 12.4. The summed E-state index contributed by atoms with van der Waals surface area (Å²) in [5, 5.41) is 6.41. The van der Waals surface area contributed by atoms with E-state index in [-0.39, 0.29) is 18.2 Å². The number of primary amides is 1. The molecule has 20 heavy (non-hydrogen) atoms. The second-order valence-corrected chi connectivity index (χ2v) is 5.68. The van der Waals surface area contributed by atoms with Crippen LogP contribution in [-0.4, -0.2) is 23.9 Å². The highest BCUT2D eigenvalue weighted by Gasteiger charge is 2.42. The molecule has 0 aromatic heterocycles. The monoisotopic (exact) mass is 273 g/mol. The van der Waals surface area contributed by atoms with Crippen LogP contribution >= 0.6 is 0 Å². The van der Waals surface area contributed by atoms with E-state index in [0.29, 0.717) is 17.8 Å². The molecule has 0 spiro atoms. The zero-order valence-electron chi connectivity index (χ0n) is 11.3. The fraction of sp³-hybridized carbons (Fsp3) is 0.467. The maximum atomic E-state index is 12.4. The molecule has 3 unspecified atom stereocenters. The quantitative estimate of drug-likeness (QED) is 0.758. The van der Waals surface area contributed by atoms with Crippen molar-refractivity contribution in [3.05, 3.63) is 29.8 Å². The molecule has 5 heteroatoms. The number of nitrogens with two attached hydrogens (primary N) is 1. The molecule has 2 aliphatic heterocycles. The molecule has 2 fully saturated rings. The van der Waals surface area contributed by atoms with Crippen LogP contribution in [0.1, 0.15) is 24.8 Å². The van der Waals surface area contributed by atoms with E-state index in [4.69, 9.17) is 5.73 Å². The van der Waals surface area contributed by atoms with Gasteiger partial charge in [-0.25, -0.2) is 0 Å². The van der Waals surface area contributed by atoms with Gasteiger partial charge >= 0.3 is 0 Å². The minimum Gasteiger partial charge on any atom is -0.369 e. The second-order valence-electron chi connectivity index (χ2n) is 5.68. The Bertz CT molecular complexity index is 544. The van der Waals surface area contributed by atoms with Crippen LogP contribution in [0.25, 0.3) is 0 Å². The summed E-state index contributed by atoms with van der Waals surface area (Å²) in [4.78, 5) is 23.4. The lowest BCUT2D eigenvalue weighted by atomic mass is 9.88. The van der Waals surface area contributed by atoms with Crippen LogP contribution in [0.4, 0.5) is 5.69 Å². The van der Waals surface area contributed by atoms with Gasteiger partial charge in [0.2, 0.25) is 11.8 Å². The van der Waals surface area contributed by atoms with Crippen molar-refractivity contribution in [2.24, 2.45) is 11.7 Å². The van der Waals surface area contributed by atoms with Gasteiger partial charge in [-0.1, -0.05) is 18.2 Å². The highest BCUT2D eigenvalue weighted by atomic mass is 16.2. The molecule has 3 atom stereocenters. The molecule has 2 aliphatic rings. The molecular formula is C15H19N3O2. The van der Waals surface area contributed by atoms with Gasteiger partial charge in [-0.05, 0) is 30.9 Å². The topological polar surface area (TPSA) is 84.2 Å². The van der Waals surface area contributed by atoms with E-state index in [1.54, 1.807) is 0 Å². The fourth-order valence-corrected chi connectivity index (χ4v) is 3.32. The van der Waals surface area contributed by atoms with Gasteiger partial charge in [0.05, 0.1) is 12.3 Å². The van der Waals surface area contributed by atoms with Crippen LogP contribution in [0, 0.1) is 5.92 Å². The molecule has 2 amide bonds. The number of para-hydroxylation sites is 1. The number of benzene rings is 1. The van der Waals surface area contributed by atoms with Crippen LogP contribution in [0.5, 0.6) is 0 Å². The summed E-state index contributed by atoms with van der Waals surface area (Å²) in [6, 6.07) is 8.13. The Morgan fingerprint density at radius 1 is 1.30 bits per heavy atom. The highest BCUT2D eigenvalue weighted by Crippen LogP contribution is 2.34. The van der Waals surface area contributed by atoms with Gasteiger partial charge in [-0.3, -0.25) is 9.59 Å². The highest BCUT2D eigenvalue weighted by molar-refractivity contribution is 5.94. The van der Waals surface area contributed by atoms with Crippen molar-refractivity contribution in [2.45, 2.75) is 37.8 Å². The lowest BCUT2D eigenvalue weighted by Crippen LogP contribution is -2.33. The first-order valence-electron chi connectivity index (χ1n) is 7.06. The summed E-state index contributed by atoms with van der Waals surface area (Å²) in [5.74, 6) is -0.315. The SMILES string of the molecule is NC(=O)Cc1ccccc1NC(=O)C1CC2CCC1N2. The van der Waals surface area contributed by atoms with Crippen LogP contribution in [0.3, 0.4) is 0 Å². The van der Waals surface area contributed by atoms with Gasteiger partial charge in [-0.2, -0.15) is 0 Å². The van der Waals surface area contributed by atoms with Gasteiger partial charge in [0.1, 0.15) is 0 Å². The van der Waals surface area contributed by atoms with Crippen molar-refractivity contribution in [1.82, 2.24) is 5.32 Å². The third kappa shape index (κ3) is 2.54. The van der Waals surface area contributed by atoms with E-state index in [2.05, 4.69) is 10.6 Å². The summed E-state index contributed by atoms with van der Waals surface area (Å²) in [5.41, 5.74) is 6.70. The average molecular weight is 273 g/mol. The largest absolute Gasteiger partial charge is 0.369 e. The van der Waals surface area contributed by atoms with Gasteiger partial charge in [0, 0.05) is 17.8 Å². The Kier molecular flexibility index (Phi) is 3.44. The predicted molar refractivity (Wildman–Crippen MR) is 76.0 cm³/mol. The Hall–Kier alpha value is -1.88. The van der Waals surface area contributed by atoms with Gasteiger partial charge in [0.25, 0.3) is 0 Å². The zero-order chi connectivity index (χ0) is 14.1. The molecule has 0 saturated carbocycles. The first-order chi connectivity index (χ1) is 9.63. The predicted octanol–water partition coefficient (Wildman–Crippen LogP) is 0.793. The summed E-state index contributed by atoms with van der Waals surface area (Å²) in [7, 11) is 0. The number of nitrogens with one attached hydrogen (secondary N) is 2. The zero-order valence-corrected chi connectivity index (χ0v) is 11.3. The summed E-state index contributed by atoms with van der Waals surface area (Å²) in [6.07, 6.45) is 3.30. The molecule has 4 N–H and O–H groups in total. The van der Waals surface area contributed by atoms with Gasteiger partial charge in [0.15, 0.2) is 0 Å². The Morgan fingerprint density at radius 3 is 2.75 bits per heavy atom. The number of hydrogen-bond donors (Lipinski definition) is 3. The Morgan fingerprint density at radius 2 is 2.10 bits per heavy atom. The molecule has 0 aliphatic carbocycles. The Balaban J connectivity index is 1.71. The van der Waals surface area contributed by atoms with Crippen LogP contribution in [-0.2, 0) is 16.0 Å². The number of amides is 2. The van der Waals surface area contributed by atoms with Gasteiger partial charge < -0.3 is 16.4 Å². The van der Waals surface area contributed by atoms with E-state index in [0.717, 1.165) is 18.4 Å². The number of anilines is 1. The third-order valence-corrected chi connectivity index (χ3v) is 4.28. The van der Waals surface area contributed by atoms with Crippen LogP contribution in [0.2, 0.25) is 0 Å². The molecular weight excluding hydrogens is 254 g/mol. The van der Waals surface area contributed by atoms with Crippen molar-refractivity contribution in [1.29, 1.82) is 0 Å². The van der Waals surface area contributed by atoms with Crippen LogP contribution in [0.15, 0.2) is 24.3 Å². The van der Waals surface area contributed by atoms with E-state index in [1.807, 2.05) is 24.3 Å². The van der Waals surface area contributed by atoms with Crippen molar-refractivity contribution < 1.29 is 9.59 Å². The Labute approximate surface area is 117 Å². The summed E-state index contributed by atoms with van der Waals surface area (Å²) < 4.78 is 0. The molecule has 2 saturated heterocycles. The van der Waals surface area contributed by atoms with Crippen molar-refractivity contribution in [3.8, 4) is 0 Å². The lowest BCUT2D eigenvalue weighted by molar-refractivity contribution is -0.120. The summed E-state index contributed by atoms with van der Waals surface area (Å²) >= 11 is 0. The van der Waals surface area contributed by atoms with Crippen molar-refractivity contribution in [3.63, 3.8) is 0 Å². The molecule has 2 heterocycles. The fourth-order valence-electron chi connectivity index (χ4n) is 3.32. The third-order valence-electron chi connectivity index (χ3n) is 4.28. The van der Waals surface area contributed by atoms with E-state index >= 15 is 0 Å². The number of hydrogen-bond acceptors (Lipinski definition) is 3. The standard InChI is InChI=1S/C15H19N3O2/c16-14(19)7-9-3-1-2-4-12(9)18-15(20)11-8-10-5-6-13(11)17-10/h1-4,10-11,13,17H,5-8H2,(H2,16,19)(H,18,20). The van der Waals surface area contributed by atoms with E-state index in [9.17, 15) is 9.59 Å². The minimum atomic E-state index is -0.395. The number of fused-ring (bicyclic) bond motifs is 2. The van der Waals surface area contributed by atoms with Gasteiger partial charge in [-0.15, -0.1) is 0 Å². The van der Waals surface area contributed by atoms with Crippen molar-refractivity contribution in [2.75, 3.05) is 5.32 Å². The maximum Gasteiger partial charge on any atom is 0.229 e. The number of carbonyl (C=O) groups excluding carboxylic acids is 2. The minimum absolute atomic E-state index is 0.0374. The smallest absolute Gasteiger partial charge is 0.229 e. The van der Waals surface area contributed by atoms with Crippen LogP contribution < -0.4 is 16.4 Å². The molecule has 3 rings (SSSR count). The molecule has 2 bridgehead atoms. The second kappa shape index (κ2) is 5.25. The molecule has 1 aromatic carbocycles. The number of carbonyl (C=O) groups is 2. The average Bonchev–Trinajstić information content (AvgIpc) is 3.02. The molecule has 106 valence electrons. The molecule has 5 nitrogen and oxygen atoms in total. The molecule has 0 radical (unpaired) electrons. The first kappa shape index (κ1) is 13.1. The van der Waals surface area contributed by atoms with E-state index < -0.39 is 5.91 Å². The number of rotatable bonds is 4. The first-order valence-corrected chi connectivity index (χ1v) is 7.06. The normalized spacial score (nSPS) is 27.5. The van der Waals surface area contributed by atoms with E-state index in [1.165, 1.54) is 6.42 Å². The summed E-state index contributed by atoms with van der Waals surface area (Å²) in [6.45, 7) is 0. The van der Waals surface area contributed by atoms with Crippen molar-refractivity contribution >= 4 is 17.5 Å².